The van der Waals surface area contributed by atoms with Gasteiger partial charge < -0.3 is 15.6 Å². The molecule has 5 nitrogen and oxygen atoms in total. The first-order valence-electron chi connectivity index (χ1n) is 8.05. The number of rotatable bonds is 4. The molecule has 3 N–H and O–H groups in total. The van der Waals surface area contributed by atoms with Crippen molar-refractivity contribution in [1.82, 2.24) is 4.98 Å². The molecule has 1 saturated carbocycles. The van der Waals surface area contributed by atoms with Gasteiger partial charge in [0.1, 0.15) is 5.76 Å². The van der Waals surface area contributed by atoms with E-state index in [1.807, 2.05) is 30.3 Å². The van der Waals surface area contributed by atoms with Crippen LogP contribution in [0.1, 0.15) is 25.7 Å². The molecule has 2 aliphatic rings. The van der Waals surface area contributed by atoms with E-state index in [-0.39, 0.29) is 25.1 Å². The molecule has 1 aromatic carbocycles. The molecule has 2 aliphatic carbocycles. The monoisotopic (exact) mass is 311 g/mol. The van der Waals surface area contributed by atoms with Crippen molar-refractivity contribution < 1.29 is 10.6 Å². The molecule has 2 aromatic rings. The minimum Gasteiger partial charge on any atom is -0.441 e. The molecule has 0 spiro atoms. The summed E-state index contributed by atoms with van der Waals surface area (Å²) in [5.41, 5.74) is 7.99. The van der Waals surface area contributed by atoms with E-state index in [1.54, 1.807) is 0 Å². The maximum atomic E-state index is 11.2. The quantitative estimate of drug-likeness (QED) is 0.850. The van der Waals surface area contributed by atoms with E-state index >= 15 is 0 Å². The number of nitrogens with one attached hydrogen (secondary N) is 1. The number of primary amides is 1. The van der Waals surface area contributed by atoms with Crippen LogP contribution in [0, 0.1) is 23.2 Å². The van der Waals surface area contributed by atoms with Gasteiger partial charge >= 0.3 is 0 Å². The van der Waals surface area contributed by atoms with Crippen molar-refractivity contribution >= 4 is 11.6 Å². The van der Waals surface area contributed by atoms with Gasteiger partial charge in [-0.3, -0.25) is 4.79 Å². The fourth-order valence-corrected chi connectivity index (χ4v) is 3.50. The van der Waals surface area contributed by atoms with Crippen LogP contribution < -0.4 is 5.73 Å². The van der Waals surface area contributed by atoms with Crippen LogP contribution in [0.2, 0.25) is 0 Å². The lowest BCUT2D eigenvalue weighted by Crippen LogP contribution is -2.25. The molecule has 4 rings (SSSR count). The zero-order valence-corrected chi connectivity index (χ0v) is 12.8. The molecule has 3 atom stereocenters. The summed E-state index contributed by atoms with van der Waals surface area (Å²) in [7, 11) is 0. The van der Waals surface area contributed by atoms with Crippen LogP contribution in [-0.4, -0.2) is 16.6 Å². The van der Waals surface area contributed by atoms with Crippen molar-refractivity contribution in [2.75, 3.05) is 0 Å². The summed E-state index contributed by atoms with van der Waals surface area (Å²) in [5, 5.41) is 8.37. The largest absolute Gasteiger partial charge is 0.441 e. The van der Waals surface area contributed by atoms with Crippen molar-refractivity contribution in [3.63, 3.8) is 0 Å². The number of fused-ring (bicyclic) bond motifs is 1. The summed E-state index contributed by atoms with van der Waals surface area (Å²) >= 11 is 0. The molecule has 0 saturated heterocycles. The normalized spacial score (nSPS) is 25.7. The maximum Gasteiger partial charge on any atom is 0.226 e. The number of aryl methyl sites for hydroxylation is 1. The number of carbonyl (C=O) groups excluding carboxylic acids is 1. The number of amides is 1. The van der Waals surface area contributed by atoms with E-state index in [0.29, 0.717) is 18.0 Å². The third kappa shape index (κ3) is 2.56. The first-order valence-corrected chi connectivity index (χ1v) is 8.05. The highest BCUT2D eigenvalue weighted by molar-refractivity contribution is 5.95. The number of aromatic nitrogens is 1. The molecule has 0 unspecified atom stereocenters. The minimum absolute atomic E-state index is 0. The van der Waals surface area contributed by atoms with E-state index in [9.17, 15) is 4.79 Å². The zero-order chi connectivity index (χ0) is 16.0. The number of hydrogen-bond acceptors (Lipinski definition) is 4. The van der Waals surface area contributed by atoms with Gasteiger partial charge in [0.25, 0.3) is 0 Å². The molecule has 1 aromatic heterocycles. The van der Waals surface area contributed by atoms with Crippen molar-refractivity contribution in [2.45, 2.75) is 25.7 Å². The third-order valence-corrected chi connectivity index (χ3v) is 4.96. The SMILES string of the molecule is N=C([C@@H]1CCc2nc(-c3ccccc3)oc2C1)[C@H]1C[C@H]1C(N)=O.[HH]. The van der Waals surface area contributed by atoms with E-state index in [4.69, 9.17) is 15.6 Å². The van der Waals surface area contributed by atoms with Gasteiger partial charge in [0, 0.05) is 36.9 Å². The van der Waals surface area contributed by atoms with E-state index in [0.717, 1.165) is 36.3 Å². The highest BCUT2D eigenvalue weighted by Gasteiger charge is 2.47. The summed E-state index contributed by atoms with van der Waals surface area (Å²) < 4.78 is 5.95. The summed E-state index contributed by atoms with van der Waals surface area (Å²) in [6.07, 6.45) is 3.17. The number of benzene rings is 1. The second kappa shape index (κ2) is 5.33. The van der Waals surface area contributed by atoms with Crippen molar-refractivity contribution in [2.24, 2.45) is 23.5 Å². The summed E-state index contributed by atoms with van der Waals surface area (Å²) in [5.74, 6) is 1.34. The van der Waals surface area contributed by atoms with Gasteiger partial charge in [0.05, 0.1) is 5.69 Å². The Bertz CT molecular complexity index is 772. The molecule has 1 heterocycles. The third-order valence-electron chi connectivity index (χ3n) is 4.96. The number of oxazole rings is 1. The first-order chi connectivity index (χ1) is 11.1. The Balaban J connectivity index is 0.00000169. The van der Waals surface area contributed by atoms with Gasteiger partial charge in [-0.2, -0.15) is 0 Å². The average molecular weight is 311 g/mol. The van der Waals surface area contributed by atoms with Crippen LogP contribution in [0.4, 0.5) is 0 Å². The van der Waals surface area contributed by atoms with Crippen LogP contribution in [0.25, 0.3) is 11.5 Å². The Labute approximate surface area is 135 Å². The van der Waals surface area contributed by atoms with E-state index in [2.05, 4.69) is 4.98 Å². The molecule has 0 aliphatic heterocycles. The molecule has 5 heteroatoms. The van der Waals surface area contributed by atoms with Gasteiger partial charge in [0.2, 0.25) is 11.8 Å². The van der Waals surface area contributed by atoms with Crippen LogP contribution in [0.3, 0.4) is 0 Å². The first kappa shape index (κ1) is 14.2. The lowest BCUT2D eigenvalue weighted by molar-refractivity contribution is -0.119. The lowest BCUT2D eigenvalue weighted by atomic mass is 9.84. The van der Waals surface area contributed by atoms with Gasteiger partial charge in [-0.1, -0.05) is 18.2 Å². The molecule has 1 fully saturated rings. The summed E-state index contributed by atoms with van der Waals surface area (Å²) in [6, 6.07) is 9.87. The Hall–Kier alpha value is -2.43. The van der Waals surface area contributed by atoms with Crippen LogP contribution >= 0.6 is 0 Å². The standard InChI is InChI=1S/C18H19N3O2.H2/c19-16(12-9-13(12)17(20)22)11-6-7-14-15(8-11)23-18(21-14)10-4-2-1-3-5-10;/h1-5,11-13,19H,6-9H2,(H2,20,22);1H/t11-,12+,13-;/m1./s1. The van der Waals surface area contributed by atoms with Crippen molar-refractivity contribution in [1.29, 1.82) is 5.41 Å². The fraction of sp³-hybridized carbons (Fsp3) is 0.389. The Morgan fingerprint density at radius 1 is 1.30 bits per heavy atom. The fourth-order valence-electron chi connectivity index (χ4n) is 3.50. The highest BCUT2D eigenvalue weighted by atomic mass is 16.4. The Morgan fingerprint density at radius 3 is 2.78 bits per heavy atom. The topological polar surface area (TPSA) is 93.0 Å². The molecule has 120 valence electrons. The Morgan fingerprint density at radius 2 is 2.09 bits per heavy atom. The predicted molar refractivity (Wildman–Crippen MR) is 88.1 cm³/mol. The van der Waals surface area contributed by atoms with Crippen LogP contribution in [0.5, 0.6) is 0 Å². The highest BCUT2D eigenvalue weighted by Crippen LogP contribution is 2.43. The number of carbonyl (C=O) groups is 1. The number of nitrogens with two attached hydrogens (primary N) is 1. The van der Waals surface area contributed by atoms with Gasteiger partial charge in [-0.15, -0.1) is 0 Å². The smallest absolute Gasteiger partial charge is 0.226 e. The molecule has 0 bridgehead atoms. The average Bonchev–Trinajstić information content (AvgIpc) is 3.26. The van der Waals surface area contributed by atoms with E-state index in [1.165, 1.54) is 0 Å². The van der Waals surface area contributed by atoms with Gasteiger partial charge in [0.15, 0.2) is 0 Å². The number of nitrogens with zero attached hydrogens (tertiary/aromatic N) is 1. The van der Waals surface area contributed by atoms with Crippen molar-refractivity contribution in [3.05, 3.63) is 41.8 Å². The second-order valence-electron chi connectivity index (χ2n) is 6.50. The van der Waals surface area contributed by atoms with Crippen LogP contribution in [-0.2, 0) is 17.6 Å². The molecule has 23 heavy (non-hydrogen) atoms. The second-order valence-corrected chi connectivity index (χ2v) is 6.50. The predicted octanol–water partition coefficient (Wildman–Crippen LogP) is 2.83. The van der Waals surface area contributed by atoms with Crippen molar-refractivity contribution in [3.8, 4) is 11.5 Å². The van der Waals surface area contributed by atoms with Gasteiger partial charge in [-0.25, -0.2) is 4.98 Å². The molecule has 0 radical (unpaired) electrons. The summed E-state index contributed by atoms with van der Waals surface area (Å²) in [6.45, 7) is 0. The molecular weight excluding hydrogens is 290 g/mol. The van der Waals surface area contributed by atoms with Crippen LogP contribution in [0.15, 0.2) is 34.7 Å². The zero-order valence-electron chi connectivity index (χ0n) is 12.8. The van der Waals surface area contributed by atoms with E-state index < -0.39 is 0 Å². The lowest BCUT2D eigenvalue weighted by Gasteiger charge is -2.21. The Kier molecular flexibility index (Phi) is 3.29. The minimum atomic E-state index is -0.276. The maximum absolute atomic E-state index is 11.2. The molecular formula is C18H21N3O2. The van der Waals surface area contributed by atoms with Gasteiger partial charge in [-0.05, 0) is 31.4 Å². The number of hydrogen-bond donors (Lipinski definition) is 2. The molecule has 1 amide bonds. The summed E-state index contributed by atoms with van der Waals surface area (Å²) in [4.78, 5) is 15.8.